The van der Waals surface area contributed by atoms with Crippen molar-refractivity contribution in [2.75, 3.05) is 7.11 Å². The van der Waals surface area contributed by atoms with Crippen LogP contribution >= 0.6 is 11.6 Å². The highest BCUT2D eigenvalue weighted by atomic mass is 35.5. The molecule has 0 aliphatic carbocycles. The van der Waals surface area contributed by atoms with Crippen LogP contribution in [0.4, 0.5) is 4.39 Å². The summed E-state index contributed by atoms with van der Waals surface area (Å²) < 4.78 is 18.4. The van der Waals surface area contributed by atoms with Gasteiger partial charge in [0.05, 0.1) is 23.7 Å². The van der Waals surface area contributed by atoms with Crippen molar-refractivity contribution in [1.29, 1.82) is 0 Å². The molecule has 0 saturated carbocycles. The zero-order valence-electron chi connectivity index (χ0n) is 14.1. The summed E-state index contributed by atoms with van der Waals surface area (Å²) in [5.74, 6) is -0.130. The van der Waals surface area contributed by atoms with Crippen molar-refractivity contribution in [2.24, 2.45) is 0 Å². The summed E-state index contributed by atoms with van der Waals surface area (Å²) >= 11 is 6.02. The molecule has 3 aromatic rings. The molecule has 5 heteroatoms. The van der Waals surface area contributed by atoms with E-state index in [1.807, 2.05) is 54.6 Å². The van der Waals surface area contributed by atoms with Gasteiger partial charge in [-0.05, 0) is 41.5 Å². The van der Waals surface area contributed by atoms with Crippen LogP contribution in [0.3, 0.4) is 0 Å². The molecule has 1 unspecified atom stereocenters. The smallest absolute Gasteiger partial charge is 0.253 e. The van der Waals surface area contributed by atoms with Gasteiger partial charge in [-0.2, -0.15) is 0 Å². The van der Waals surface area contributed by atoms with Gasteiger partial charge in [-0.1, -0.05) is 54.1 Å². The molecule has 0 aliphatic rings. The van der Waals surface area contributed by atoms with Gasteiger partial charge in [0.2, 0.25) is 0 Å². The molecule has 1 N–H and O–H groups in total. The third-order valence-corrected chi connectivity index (χ3v) is 4.35. The van der Waals surface area contributed by atoms with E-state index in [0.717, 1.165) is 22.9 Å². The molecule has 0 spiro atoms. The standard InChI is InChI=1S/C21H17ClFNO2/c1-26-17-10-7-15(8-11-17)20(14-5-3-2-4-6-14)24-21(25)18-12-9-16(23)13-19(18)22/h2-13,20H,1H3,(H,24,25). The molecule has 1 amide bonds. The highest BCUT2D eigenvalue weighted by Gasteiger charge is 2.19. The predicted molar refractivity (Wildman–Crippen MR) is 100 cm³/mol. The number of hydrogen-bond acceptors (Lipinski definition) is 2. The van der Waals surface area contributed by atoms with Crippen molar-refractivity contribution >= 4 is 17.5 Å². The molecule has 132 valence electrons. The summed E-state index contributed by atoms with van der Waals surface area (Å²) in [5.41, 5.74) is 2.04. The fraction of sp³-hybridized carbons (Fsp3) is 0.0952. The summed E-state index contributed by atoms with van der Waals surface area (Å²) in [5, 5.41) is 3.05. The van der Waals surface area contributed by atoms with Crippen LogP contribution in [0.5, 0.6) is 5.75 Å². The molecule has 3 aromatic carbocycles. The van der Waals surface area contributed by atoms with E-state index in [1.165, 1.54) is 12.1 Å². The zero-order chi connectivity index (χ0) is 18.5. The summed E-state index contributed by atoms with van der Waals surface area (Å²) in [7, 11) is 1.60. The molecule has 0 fully saturated rings. The van der Waals surface area contributed by atoms with Gasteiger partial charge in [0.15, 0.2) is 0 Å². The van der Waals surface area contributed by atoms with Crippen LogP contribution in [0.25, 0.3) is 0 Å². The molecule has 0 aromatic heterocycles. The van der Waals surface area contributed by atoms with Gasteiger partial charge < -0.3 is 10.1 Å². The first kappa shape index (κ1) is 18.0. The Morgan fingerprint density at radius 2 is 1.65 bits per heavy atom. The number of amides is 1. The zero-order valence-corrected chi connectivity index (χ0v) is 14.8. The number of benzene rings is 3. The molecule has 26 heavy (non-hydrogen) atoms. The highest BCUT2D eigenvalue weighted by molar-refractivity contribution is 6.33. The highest BCUT2D eigenvalue weighted by Crippen LogP contribution is 2.26. The van der Waals surface area contributed by atoms with Gasteiger partial charge in [-0.3, -0.25) is 4.79 Å². The van der Waals surface area contributed by atoms with E-state index >= 15 is 0 Å². The Morgan fingerprint density at radius 3 is 2.27 bits per heavy atom. The molecule has 0 saturated heterocycles. The van der Waals surface area contributed by atoms with Gasteiger partial charge in [0.1, 0.15) is 11.6 Å². The van der Waals surface area contributed by atoms with E-state index < -0.39 is 5.82 Å². The Balaban J connectivity index is 1.94. The molecular weight excluding hydrogens is 353 g/mol. The topological polar surface area (TPSA) is 38.3 Å². The minimum atomic E-state index is -0.485. The van der Waals surface area contributed by atoms with Crippen LogP contribution in [-0.4, -0.2) is 13.0 Å². The maximum atomic E-state index is 13.2. The lowest BCUT2D eigenvalue weighted by molar-refractivity contribution is 0.0943. The van der Waals surface area contributed by atoms with E-state index in [9.17, 15) is 9.18 Å². The third-order valence-electron chi connectivity index (χ3n) is 4.03. The van der Waals surface area contributed by atoms with E-state index in [2.05, 4.69) is 5.32 Å². The van der Waals surface area contributed by atoms with Gasteiger partial charge in [-0.25, -0.2) is 4.39 Å². The molecule has 0 heterocycles. The van der Waals surface area contributed by atoms with Crippen molar-refractivity contribution in [1.82, 2.24) is 5.32 Å². The first-order valence-corrected chi connectivity index (χ1v) is 8.41. The van der Waals surface area contributed by atoms with Crippen molar-refractivity contribution in [3.8, 4) is 5.75 Å². The normalized spacial score (nSPS) is 11.7. The predicted octanol–water partition coefficient (Wildman–Crippen LogP) is 5.01. The molecule has 3 rings (SSSR count). The van der Waals surface area contributed by atoms with Crippen molar-refractivity contribution < 1.29 is 13.9 Å². The lowest BCUT2D eigenvalue weighted by atomic mass is 9.98. The maximum Gasteiger partial charge on any atom is 0.253 e. The van der Waals surface area contributed by atoms with Crippen molar-refractivity contribution in [3.63, 3.8) is 0 Å². The molecule has 0 aliphatic heterocycles. The summed E-state index contributed by atoms with van der Waals surface area (Å²) in [6, 6.07) is 20.4. The Bertz CT molecular complexity index is 898. The molecule has 1 atom stereocenters. The number of hydrogen-bond donors (Lipinski definition) is 1. The van der Waals surface area contributed by atoms with Crippen molar-refractivity contribution in [2.45, 2.75) is 6.04 Å². The number of nitrogens with one attached hydrogen (secondary N) is 1. The second-order valence-corrected chi connectivity index (χ2v) is 6.12. The molecule has 0 radical (unpaired) electrons. The van der Waals surface area contributed by atoms with E-state index in [0.29, 0.717) is 0 Å². The van der Waals surface area contributed by atoms with E-state index in [1.54, 1.807) is 7.11 Å². The number of halogens is 2. The first-order valence-electron chi connectivity index (χ1n) is 8.03. The average molecular weight is 370 g/mol. The first-order chi connectivity index (χ1) is 12.6. The summed E-state index contributed by atoms with van der Waals surface area (Å²) in [6.45, 7) is 0. The number of carbonyl (C=O) groups excluding carboxylic acids is 1. The minimum absolute atomic E-state index is 0.0732. The second kappa shape index (κ2) is 8.02. The van der Waals surface area contributed by atoms with Crippen LogP contribution in [-0.2, 0) is 0 Å². The Morgan fingerprint density at radius 1 is 1.00 bits per heavy atom. The molecule has 0 bridgehead atoms. The Labute approximate surface area is 156 Å². The number of rotatable bonds is 5. The SMILES string of the molecule is COc1ccc(C(NC(=O)c2ccc(F)cc2Cl)c2ccccc2)cc1. The lowest BCUT2D eigenvalue weighted by Gasteiger charge is -2.20. The largest absolute Gasteiger partial charge is 0.497 e. The monoisotopic (exact) mass is 369 g/mol. The summed E-state index contributed by atoms with van der Waals surface area (Å²) in [6.07, 6.45) is 0. The Hall–Kier alpha value is -2.85. The van der Waals surface area contributed by atoms with E-state index in [-0.39, 0.29) is 22.5 Å². The van der Waals surface area contributed by atoms with Gasteiger partial charge in [0, 0.05) is 0 Å². The van der Waals surface area contributed by atoms with Crippen LogP contribution in [0.2, 0.25) is 5.02 Å². The molecule has 3 nitrogen and oxygen atoms in total. The number of ether oxygens (including phenoxy) is 1. The van der Waals surface area contributed by atoms with Crippen LogP contribution in [0.1, 0.15) is 27.5 Å². The average Bonchev–Trinajstić information content (AvgIpc) is 2.67. The van der Waals surface area contributed by atoms with Gasteiger partial charge in [0.25, 0.3) is 5.91 Å². The maximum absolute atomic E-state index is 13.2. The summed E-state index contributed by atoms with van der Waals surface area (Å²) in [4.78, 5) is 12.7. The number of methoxy groups -OCH3 is 1. The quantitative estimate of drug-likeness (QED) is 0.686. The van der Waals surface area contributed by atoms with Gasteiger partial charge >= 0.3 is 0 Å². The second-order valence-electron chi connectivity index (χ2n) is 5.71. The van der Waals surface area contributed by atoms with E-state index in [4.69, 9.17) is 16.3 Å². The molecular formula is C21H17ClFNO2. The third kappa shape index (κ3) is 4.03. The minimum Gasteiger partial charge on any atom is -0.497 e. The Kier molecular flexibility index (Phi) is 5.54. The number of carbonyl (C=O) groups is 1. The van der Waals surface area contributed by atoms with Crippen LogP contribution in [0, 0.1) is 5.82 Å². The van der Waals surface area contributed by atoms with Gasteiger partial charge in [-0.15, -0.1) is 0 Å². The van der Waals surface area contributed by atoms with Crippen LogP contribution in [0.15, 0.2) is 72.8 Å². The fourth-order valence-corrected chi connectivity index (χ4v) is 2.94. The fourth-order valence-electron chi connectivity index (χ4n) is 2.68. The lowest BCUT2D eigenvalue weighted by Crippen LogP contribution is -2.29. The van der Waals surface area contributed by atoms with Crippen LogP contribution < -0.4 is 10.1 Å². The van der Waals surface area contributed by atoms with Crippen molar-refractivity contribution in [3.05, 3.63) is 100 Å².